The number of rotatable bonds is 3. The lowest BCUT2D eigenvalue weighted by Crippen LogP contribution is -2.43. The smallest absolute Gasteiger partial charge is 0.207 e. The van der Waals surface area contributed by atoms with Crippen LogP contribution in [0.4, 0.5) is 0 Å². The summed E-state index contributed by atoms with van der Waals surface area (Å²) in [6.07, 6.45) is 3.95. The molecule has 0 amide bonds. The molecule has 3 nitrogen and oxygen atoms in total. The quantitative estimate of drug-likeness (QED) is 0.817. The van der Waals surface area contributed by atoms with Crippen molar-refractivity contribution in [1.29, 1.82) is 0 Å². The molecule has 0 unspecified atom stereocenters. The molecule has 2 rings (SSSR count). The van der Waals surface area contributed by atoms with E-state index in [4.69, 9.17) is 0 Å². The Balaban J connectivity index is 2.46. The molecule has 1 fully saturated rings. The van der Waals surface area contributed by atoms with Crippen LogP contribution in [0.5, 0.6) is 0 Å². The van der Waals surface area contributed by atoms with Crippen molar-refractivity contribution >= 4 is 26.0 Å². The van der Waals surface area contributed by atoms with Crippen LogP contribution >= 0.6 is 15.9 Å². The van der Waals surface area contributed by atoms with Crippen LogP contribution in [0.25, 0.3) is 0 Å². The molecule has 0 aliphatic carbocycles. The minimum Gasteiger partial charge on any atom is -0.207 e. The van der Waals surface area contributed by atoms with Crippen LogP contribution in [-0.2, 0) is 10.0 Å². The summed E-state index contributed by atoms with van der Waals surface area (Å²) in [7, 11) is -3.38. The van der Waals surface area contributed by atoms with Crippen molar-refractivity contribution in [1.82, 2.24) is 4.31 Å². The van der Waals surface area contributed by atoms with Gasteiger partial charge in [-0.15, -0.1) is 0 Å². The van der Waals surface area contributed by atoms with E-state index >= 15 is 0 Å². The van der Waals surface area contributed by atoms with Crippen molar-refractivity contribution in [3.63, 3.8) is 0 Å². The highest BCUT2D eigenvalue weighted by Crippen LogP contribution is 2.31. The van der Waals surface area contributed by atoms with E-state index < -0.39 is 10.0 Å². The third-order valence-corrected chi connectivity index (χ3v) is 7.04. The molecule has 112 valence electrons. The van der Waals surface area contributed by atoms with Crippen LogP contribution in [0.2, 0.25) is 0 Å². The maximum absolute atomic E-state index is 13.0. The van der Waals surface area contributed by atoms with Crippen LogP contribution in [0.15, 0.2) is 21.5 Å². The molecule has 1 saturated heterocycles. The van der Waals surface area contributed by atoms with Gasteiger partial charge in [0.05, 0.1) is 4.90 Å². The fraction of sp³-hybridized carbons (Fsp3) is 0.600. The van der Waals surface area contributed by atoms with Crippen LogP contribution in [0.1, 0.15) is 43.7 Å². The van der Waals surface area contributed by atoms with E-state index in [0.29, 0.717) is 11.4 Å². The number of hydrogen-bond acceptors (Lipinski definition) is 2. The first kappa shape index (κ1) is 16.0. The lowest BCUT2D eigenvalue weighted by Gasteiger charge is -2.34. The normalized spacial score (nSPS) is 21.1. The first-order chi connectivity index (χ1) is 9.37. The molecule has 1 aromatic rings. The Hall–Kier alpha value is -0.390. The molecule has 20 heavy (non-hydrogen) atoms. The maximum atomic E-state index is 13.0. The van der Waals surface area contributed by atoms with E-state index in [0.717, 1.165) is 41.3 Å². The molecular weight excluding hydrogens is 338 g/mol. The molecule has 1 atom stereocenters. The van der Waals surface area contributed by atoms with Gasteiger partial charge in [-0.25, -0.2) is 8.42 Å². The number of aryl methyl sites for hydroxylation is 2. The molecular formula is C15H22BrNO2S. The van der Waals surface area contributed by atoms with E-state index in [1.165, 1.54) is 0 Å². The molecule has 0 saturated carbocycles. The van der Waals surface area contributed by atoms with Gasteiger partial charge in [0.15, 0.2) is 0 Å². The van der Waals surface area contributed by atoms with E-state index in [9.17, 15) is 8.42 Å². The van der Waals surface area contributed by atoms with Crippen molar-refractivity contribution in [2.45, 2.75) is 57.4 Å². The van der Waals surface area contributed by atoms with Crippen LogP contribution in [-0.4, -0.2) is 25.3 Å². The monoisotopic (exact) mass is 359 g/mol. The minimum absolute atomic E-state index is 0.150. The predicted molar refractivity (Wildman–Crippen MR) is 85.4 cm³/mol. The van der Waals surface area contributed by atoms with Crippen molar-refractivity contribution in [3.05, 3.63) is 27.7 Å². The van der Waals surface area contributed by atoms with Crippen molar-refractivity contribution in [2.75, 3.05) is 6.54 Å². The molecule has 1 aliphatic rings. The van der Waals surface area contributed by atoms with Gasteiger partial charge < -0.3 is 0 Å². The summed E-state index contributed by atoms with van der Waals surface area (Å²) in [4.78, 5) is 0.457. The van der Waals surface area contributed by atoms with Gasteiger partial charge in [0.25, 0.3) is 0 Å². The third kappa shape index (κ3) is 2.95. The van der Waals surface area contributed by atoms with Gasteiger partial charge in [0, 0.05) is 17.1 Å². The summed E-state index contributed by atoms with van der Waals surface area (Å²) in [5.74, 6) is 0. The molecule has 1 aromatic carbocycles. The van der Waals surface area contributed by atoms with Crippen molar-refractivity contribution < 1.29 is 8.42 Å². The average Bonchev–Trinajstić information content (AvgIpc) is 2.42. The van der Waals surface area contributed by atoms with Crippen LogP contribution in [0, 0.1) is 13.8 Å². The zero-order valence-electron chi connectivity index (χ0n) is 12.3. The molecule has 0 bridgehead atoms. The van der Waals surface area contributed by atoms with Crippen molar-refractivity contribution in [3.8, 4) is 0 Å². The Morgan fingerprint density at radius 2 is 1.95 bits per heavy atom. The predicted octanol–water partition coefficient (Wildman–Crippen LogP) is 4.02. The Kier molecular flexibility index (Phi) is 4.92. The van der Waals surface area contributed by atoms with Gasteiger partial charge in [-0.3, -0.25) is 0 Å². The van der Waals surface area contributed by atoms with Gasteiger partial charge in [-0.05, 0) is 56.4 Å². The Bertz CT molecular complexity index is 598. The number of benzene rings is 1. The first-order valence-corrected chi connectivity index (χ1v) is 9.39. The summed E-state index contributed by atoms with van der Waals surface area (Å²) in [6, 6.07) is 3.83. The fourth-order valence-electron chi connectivity index (χ4n) is 2.86. The summed E-state index contributed by atoms with van der Waals surface area (Å²) in [5.41, 5.74) is 1.77. The zero-order valence-corrected chi connectivity index (χ0v) is 14.7. The number of hydrogen-bond donors (Lipinski definition) is 0. The second-order valence-corrected chi connectivity index (χ2v) is 8.25. The standard InChI is InChI=1S/C15H22BrNO2S/c1-4-13-7-5-6-8-17(13)20(18,19)15-10-11(2)14(16)9-12(15)3/h9-10,13H,4-8H2,1-3H3/t13-/m1/s1. The maximum Gasteiger partial charge on any atom is 0.243 e. The van der Waals surface area contributed by atoms with E-state index in [1.807, 2.05) is 19.9 Å². The first-order valence-electron chi connectivity index (χ1n) is 7.16. The summed E-state index contributed by atoms with van der Waals surface area (Å²) in [5, 5.41) is 0. The molecule has 0 N–H and O–H groups in total. The fourth-order valence-corrected chi connectivity index (χ4v) is 5.38. The van der Waals surface area contributed by atoms with Gasteiger partial charge in [-0.2, -0.15) is 4.31 Å². The number of piperidine rings is 1. The van der Waals surface area contributed by atoms with Gasteiger partial charge >= 0.3 is 0 Å². The number of halogens is 1. The van der Waals surface area contributed by atoms with Gasteiger partial charge in [-0.1, -0.05) is 29.3 Å². The second kappa shape index (κ2) is 6.16. The van der Waals surface area contributed by atoms with Crippen LogP contribution < -0.4 is 0 Å². The number of nitrogens with zero attached hydrogens (tertiary/aromatic N) is 1. The van der Waals surface area contributed by atoms with Crippen LogP contribution in [0.3, 0.4) is 0 Å². The highest BCUT2D eigenvalue weighted by molar-refractivity contribution is 9.10. The molecule has 5 heteroatoms. The molecule has 0 radical (unpaired) electrons. The van der Waals surface area contributed by atoms with Gasteiger partial charge in [0.2, 0.25) is 10.0 Å². The molecule has 1 aliphatic heterocycles. The van der Waals surface area contributed by atoms with Gasteiger partial charge in [0.1, 0.15) is 0 Å². The van der Waals surface area contributed by atoms with E-state index in [2.05, 4.69) is 22.9 Å². The Labute approximate surface area is 130 Å². The lowest BCUT2D eigenvalue weighted by molar-refractivity contribution is 0.246. The number of sulfonamides is 1. The SMILES string of the molecule is CC[C@@H]1CCCCN1S(=O)(=O)c1cc(C)c(Br)cc1C. The highest BCUT2D eigenvalue weighted by Gasteiger charge is 2.33. The van der Waals surface area contributed by atoms with E-state index in [-0.39, 0.29) is 6.04 Å². The Morgan fingerprint density at radius 1 is 1.25 bits per heavy atom. The lowest BCUT2D eigenvalue weighted by atomic mass is 10.0. The largest absolute Gasteiger partial charge is 0.243 e. The third-order valence-electron chi connectivity index (χ3n) is 4.09. The molecule has 0 spiro atoms. The topological polar surface area (TPSA) is 37.4 Å². The average molecular weight is 360 g/mol. The summed E-state index contributed by atoms with van der Waals surface area (Å²) < 4.78 is 28.6. The Morgan fingerprint density at radius 3 is 2.60 bits per heavy atom. The molecule has 1 heterocycles. The van der Waals surface area contributed by atoms with Crippen molar-refractivity contribution in [2.24, 2.45) is 0 Å². The highest BCUT2D eigenvalue weighted by atomic mass is 79.9. The second-order valence-electron chi connectivity index (χ2n) is 5.54. The minimum atomic E-state index is -3.38. The zero-order chi connectivity index (χ0) is 14.9. The summed E-state index contributed by atoms with van der Waals surface area (Å²) in [6.45, 7) is 6.51. The summed E-state index contributed by atoms with van der Waals surface area (Å²) >= 11 is 3.46. The van der Waals surface area contributed by atoms with E-state index in [1.54, 1.807) is 10.4 Å². The molecule has 0 aromatic heterocycles.